The van der Waals surface area contributed by atoms with Gasteiger partial charge in [0.05, 0.1) is 6.20 Å². The van der Waals surface area contributed by atoms with Gasteiger partial charge >= 0.3 is 0 Å². The summed E-state index contributed by atoms with van der Waals surface area (Å²) < 4.78 is 16.2. The molecule has 1 atom stereocenters. The zero-order valence-electron chi connectivity index (χ0n) is 11.2. The van der Waals surface area contributed by atoms with E-state index in [2.05, 4.69) is 12.0 Å². The lowest BCUT2D eigenvalue weighted by atomic mass is 10.1. The molecule has 0 aliphatic heterocycles. The Morgan fingerprint density at radius 2 is 2.25 bits per heavy atom. The molecule has 0 bridgehead atoms. The minimum atomic E-state index is -0.209. The van der Waals surface area contributed by atoms with Gasteiger partial charge in [0.1, 0.15) is 5.82 Å². The van der Waals surface area contributed by atoms with Gasteiger partial charge in [-0.25, -0.2) is 4.39 Å². The summed E-state index contributed by atoms with van der Waals surface area (Å²) in [7, 11) is 0. The van der Waals surface area contributed by atoms with Crippen LogP contribution in [0.1, 0.15) is 23.4 Å². The topological polar surface area (TPSA) is 43.8 Å². The first-order valence-electron chi connectivity index (χ1n) is 6.61. The lowest BCUT2D eigenvalue weighted by molar-refractivity contribution is 0.630. The molecule has 0 aliphatic rings. The Labute approximate surface area is 120 Å². The zero-order chi connectivity index (χ0) is 14.1. The molecule has 20 heavy (non-hydrogen) atoms. The van der Waals surface area contributed by atoms with Crippen LogP contribution < -0.4 is 5.73 Å². The minimum absolute atomic E-state index is 0.0787. The molecule has 0 saturated heterocycles. The van der Waals surface area contributed by atoms with Crippen molar-refractivity contribution < 1.29 is 4.39 Å². The Morgan fingerprint density at radius 1 is 1.40 bits per heavy atom. The van der Waals surface area contributed by atoms with Crippen LogP contribution in [0.25, 0.3) is 10.1 Å². The summed E-state index contributed by atoms with van der Waals surface area (Å²) >= 11 is 1.63. The molecule has 1 aromatic carbocycles. The number of halogens is 1. The largest absolute Gasteiger partial charge is 0.323 e. The first-order chi connectivity index (χ1) is 9.65. The molecule has 2 heterocycles. The van der Waals surface area contributed by atoms with Crippen LogP contribution in [0, 0.1) is 5.82 Å². The maximum atomic E-state index is 13.2. The lowest BCUT2D eigenvalue weighted by Crippen LogP contribution is -2.11. The van der Waals surface area contributed by atoms with E-state index in [1.54, 1.807) is 23.5 Å². The van der Waals surface area contributed by atoms with Gasteiger partial charge in [-0.15, -0.1) is 11.3 Å². The van der Waals surface area contributed by atoms with Crippen molar-refractivity contribution >= 4 is 21.4 Å². The normalized spacial score (nSPS) is 12.9. The summed E-state index contributed by atoms with van der Waals surface area (Å²) in [4.78, 5) is 1.08. The number of aromatic nitrogens is 2. The van der Waals surface area contributed by atoms with Crippen molar-refractivity contribution in [1.82, 2.24) is 9.78 Å². The Kier molecular flexibility index (Phi) is 3.54. The van der Waals surface area contributed by atoms with Crippen LogP contribution in [0.15, 0.2) is 36.7 Å². The molecule has 3 nitrogen and oxygen atoms in total. The van der Waals surface area contributed by atoms with Crippen molar-refractivity contribution in [1.29, 1.82) is 0 Å². The van der Waals surface area contributed by atoms with Gasteiger partial charge in [-0.05, 0) is 48.6 Å². The van der Waals surface area contributed by atoms with Crippen molar-refractivity contribution in [2.75, 3.05) is 0 Å². The molecule has 3 rings (SSSR count). The number of benzene rings is 1. The molecule has 104 valence electrons. The molecule has 3 aromatic rings. The van der Waals surface area contributed by atoms with Gasteiger partial charge in [-0.2, -0.15) is 5.10 Å². The average Bonchev–Trinajstić information content (AvgIpc) is 3.04. The third kappa shape index (κ3) is 2.59. The molecular weight excluding hydrogens is 273 g/mol. The number of aryl methyl sites for hydroxylation is 1. The van der Waals surface area contributed by atoms with Crippen LogP contribution in [0.3, 0.4) is 0 Å². The Bertz CT molecular complexity index is 732. The maximum Gasteiger partial charge on any atom is 0.123 e. The highest BCUT2D eigenvalue weighted by molar-refractivity contribution is 7.19. The molecule has 0 saturated carbocycles. The van der Waals surface area contributed by atoms with E-state index < -0.39 is 0 Å². The van der Waals surface area contributed by atoms with E-state index in [9.17, 15) is 4.39 Å². The van der Waals surface area contributed by atoms with Gasteiger partial charge in [0.15, 0.2) is 0 Å². The fraction of sp³-hybridized carbons (Fsp3) is 0.267. The summed E-state index contributed by atoms with van der Waals surface area (Å²) in [5, 5.41) is 5.17. The van der Waals surface area contributed by atoms with Crippen LogP contribution in [0.2, 0.25) is 0 Å². The fourth-order valence-corrected chi connectivity index (χ4v) is 3.30. The third-order valence-corrected chi connectivity index (χ3v) is 4.58. The molecule has 0 aliphatic carbocycles. The summed E-state index contributed by atoms with van der Waals surface area (Å²) in [5.41, 5.74) is 7.39. The van der Waals surface area contributed by atoms with Gasteiger partial charge < -0.3 is 5.73 Å². The first kappa shape index (κ1) is 13.3. The highest BCUT2D eigenvalue weighted by Gasteiger charge is 2.12. The smallest absolute Gasteiger partial charge is 0.123 e. The average molecular weight is 289 g/mol. The van der Waals surface area contributed by atoms with E-state index in [4.69, 9.17) is 5.73 Å². The molecule has 0 fully saturated rings. The summed E-state index contributed by atoms with van der Waals surface area (Å²) in [6.45, 7) is 2.91. The summed E-state index contributed by atoms with van der Waals surface area (Å²) in [5.74, 6) is -0.209. The van der Waals surface area contributed by atoms with E-state index in [0.717, 1.165) is 33.5 Å². The Balaban J connectivity index is 1.82. The molecule has 0 spiro atoms. The third-order valence-electron chi connectivity index (χ3n) is 3.33. The van der Waals surface area contributed by atoms with Gasteiger partial charge in [-0.1, -0.05) is 0 Å². The molecule has 1 unspecified atom stereocenters. The van der Waals surface area contributed by atoms with Gasteiger partial charge in [0, 0.05) is 28.4 Å². The van der Waals surface area contributed by atoms with Crippen molar-refractivity contribution in [3.05, 3.63) is 52.9 Å². The predicted molar refractivity (Wildman–Crippen MR) is 80.3 cm³/mol. The number of hydrogen-bond donors (Lipinski definition) is 1. The number of fused-ring (bicyclic) bond motifs is 1. The molecule has 2 N–H and O–H groups in total. The fourth-order valence-electron chi connectivity index (χ4n) is 2.26. The summed E-state index contributed by atoms with van der Waals surface area (Å²) in [6.07, 6.45) is 4.62. The van der Waals surface area contributed by atoms with Gasteiger partial charge in [-0.3, -0.25) is 4.68 Å². The number of nitrogens with zero attached hydrogens (tertiary/aromatic N) is 2. The standard InChI is InChI=1S/C15H16FN3S/c1-2-19-9-10(8-18-19)5-13(17)15-7-11-6-12(16)3-4-14(11)20-15/h3-4,6-9,13H,2,5,17H2,1H3. The number of rotatable bonds is 4. The molecular formula is C15H16FN3S. The van der Waals surface area contributed by atoms with Gasteiger partial charge in [0.2, 0.25) is 0 Å². The number of hydrogen-bond acceptors (Lipinski definition) is 3. The van der Waals surface area contributed by atoms with Crippen LogP contribution in [0.4, 0.5) is 4.39 Å². The van der Waals surface area contributed by atoms with Crippen molar-refractivity contribution in [2.45, 2.75) is 25.9 Å². The molecule has 2 aromatic heterocycles. The Morgan fingerprint density at radius 3 is 3.00 bits per heavy atom. The van der Waals surface area contributed by atoms with E-state index in [1.807, 2.05) is 23.1 Å². The maximum absolute atomic E-state index is 13.2. The summed E-state index contributed by atoms with van der Waals surface area (Å²) in [6, 6.07) is 6.75. The number of thiophene rings is 1. The van der Waals surface area contributed by atoms with E-state index in [0.29, 0.717) is 0 Å². The van der Waals surface area contributed by atoms with Crippen LogP contribution >= 0.6 is 11.3 Å². The highest BCUT2D eigenvalue weighted by Crippen LogP contribution is 2.30. The van der Waals surface area contributed by atoms with Crippen molar-refractivity contribution in [3.8, 4) is 0 Å². The lowest BCUT2D eigenvalue weighted by Gasteiger charge is -2.06. The predicted octanol–water partition coefficient (Wildman–Crippen LogP) is 3.50. The molecule has 0 amide bonds. The van der Waals surface area contributed by atoms with E-state index in [1.165, 1.54) is 6.07 Å². The highest BCUT2D eigenvalue weighted by atomic mass is 32.1. The second-order valence-corrected chi connectivity index (χ2v) is 5.96. The van der Waals surface area contributed by atoms with E-state index >= 15 is 0 Å². The Hall–Kier alpha value is -1.72. The van der Waals surface area contributed by atoms with Crippen molar-refractivity contribution in [2.24, 2.45) is 5.73 Å². The quantitative estimate of drug-likeness (QED) is 0.799. The van der Waals surface area contributed by atoms with Crippen LogP contribution in [0.5, 0.6) is 0 Å². The second kappa shape index (κ2) is 5.34. The molecule has 0 radical (unpaired) electrons. The first-order valence-corrected chi connectivity index (χ1v) is 7.43. The van der Waals surface area contributed by atoms with Gasteiger partial charge in [0.25, 0.3) is 0 Å². The monoisotopic (exact) mass is 289 g/mol. The SMILES string of the molecule is CCn1cc(CC(N)c2cc3cc(F)ccc3s2)cn1. The second-order valence-electron chi connectivity index (χ2n) is 4.85. The molecule has 5 heteroatoms. The van der Waals surface area contributed by atoms with Crippen LogP contribution in [-0.2, 0) is 13.0 Å². The van der Waals surface area contributed by atoms with E-state index in [-0.39, 0.29) is 11.9 Å². The van der Waals surface area contributed by atoms with Crippen molar-refractivity contribution in [3.63, 3.8) is 0 Å². The number of nitrogens with two attached hydrogens (primary N) is 1. The zero-order valence-corrected chi connectivity index (χ0v) is 12.0. The van der Waals surface area contributed by atoms with Crippen LogP contribution in [-0.4, -0.2) is 9.78 Å². The minimum Gasteiger partial charge on any atom is -0.323 e.